The van der Waals surface area contributed by atoms with Gasteiger partial charge in [0.2, 0.25) is 5.91 Å². The van der Waals surface area contributed by atoms with Crippen molar-refractivity contribution in [2.45, 2.75) is 33.6 Å². The third-order valence-corrected chi connectivity index (χ3v) is 3.19. The molecule has 1 aromatic rings. The monoisotopic (exact) mass is 395 g/mol. The highest BCUT2D eigenvalue weighted by atomic mass is 19.4. The molecule has 0 N–H and O–H groups in total. The molecule has 0 bridgehead atoms. The Bertz CT molecular complexity index is 650. The standard InChI is InChI=1S/C18H22F5NO3/c1-17(2,3)10-24(11-18(21,22)23)14(25)9-8-12-6-5-7-13(26-4)15(12)27-16(19)20/h5-9,16H,10-11H2,1-4H3/b9-8+. The van der Waals surface area contributed by atoms with Gasteiger partial charge in [0.15, 0.2) is 11.5 Å². The van der Waals surface area contributed by atoms with Crippen LogP contribution in [0.25, 0.3) is 6.08 Å². The van der Waals surface area contributed by atoms with Gasteiger partial charge in [0, 0.05) is 18.2 Å². The van der Waals surface area contributed by atoms with Gasteiger partial charge in [0.1, 0.15) is 6.54 Å². The first-order valence-corrected chi connectivity index (χ1v) is 7.98. The number of carbonyl (C=O) groups excluding carboxylic acids is 1. The highest BCUT2D eigenvalue weighted by Gasteiger charge is 2.34. The molecule has 0 spiro atoms. The minimum absolute atomic E-state index is 0.00624. The number of nitrogens with zero attached hydrogens (tertiary/aromatic N) is 1. The molecule has 4 nitrogen and oxygen atoms in total. The highest BCUT2D eigenvalue weighted by molar-refractivity contribution is 5.92. The second kappa shape index (κ2) is 9.05. The summed E-state index contributed by atoms with van der Waals surface area (Å²) in [6.45, 7) is 0.421. The van der Waals surface area contributed by atoms with Crippen molar-refractivity contribution >= 4 is 12.0 Å². The summed E-state index contributed by atoms with van der Waals surface area (Å²) in [7, 11) is 1.25. The third-order valence-electron chi connectivity index (χ3n) is 3.19. The fraction of sp³-hybridized carbons (Fsp3) is 0.500. The Balaban J connectivity index is 3.12. The SMILES string of the molecule is COc1cccc(/C=C/C(=O)N(CC(C)(C)C)CC(F)(F)F)c1OC(F)F. The molecule has 0 radical (unpaired) electrons. The molecule has 0 aromatic heterocycles. The maximum absolute atomic E-state index is 12.8. The van der Waals surface area contributed by atoms with Crippen LogP contribution in [0, 0.1) is 5.41 Å². The van der Waals surface area contributed by atoms with Gasteiger partial charge in [-0.1, -0.05) is 32.9 Å². The van der Waals surface area contributed by atoms with Crippen LogP contribution >= 0.6 is 0 Å². The van der Waals surface area contributed by atoms with Crippen LogP contribution in [0.15, 0.2) is 24.3 Å². The number of hydrogen-bond donors (Lipinski definition) is 0. The lowest BCUT2D eigenvalue weighted by atomic mass is 9.96. The summed E-state index contributed by atoms with van der Waals surface area (Å²) in [5, 5.41) is 0. The zero-order valence-corrected chi connectivity index (χ0v) is 15.4. The van der Waals surface area contributed by atoms with Crippen molar-refractivity contribution in [3.8, 4) is 11.5 Å². The Labute approximate surface area is 154 Å². The highest BCUT2D eigenvalue weighted by Crippen LogP contribution is 2.33. The molecule has 0 atom stereocenters. The third kappa shape index (κ3) is 8.27. The van der Waals surface area contributed by atoms with E-state index in [0.29, 0.717) is 4.90 Å². The lowest BCUT2D eigenvalue weighted by Crippen LogP contribution is -2.42. The molecule has 1 rings (SSSR count). The summed E-state index contributed by atoms with van der Waals surface area (Å²) in [6.07, 6.45) is -2.55. The van der Waals surface area contributed by atoms with Gasteiger partial charge >= 0.3 is 12.8 Å². The van der Waals surface area contributed by atoms with Crippen LogP contribution in [-0.2, 0) is 4.79 Å². The fourth-order valence-electron chi connectivity index (χ4n) is 2.31. The van der Waals surface area contributed by atoms with Gasteiger partial charge in [-0.05, 0) is 17.6 Å². The van der Waals surface area contributed by atoms with Crippen LogP contribution in [0.5, 0.6) is 11.5 Å². The van der Waals surface area contributed by atoms with Crippen molar-refractivity contribution < 1.29 is 36.2 Å². The van der Waals surface area contributed by atoms with Gasteiger partial charge in [-0.2, -0.15) is 22.0 Å². The summed E-state index contributed by atoms with van der Waals surface area (Å²) in [4.78, 5) is 12.9. The maximum atomic E-state index is 12.8. The van der Waals surface area contributed by atoms with E-state index in [4.69, 9.17) is 4.74 Å². The quantitative estimate of drug-likeness (QED) is 0.494. The van der Waals surface area contributed by atoms with E-state index in [-0.39, 0.29) is 23.6 Å². The average molecular weight is 395 g/mol. The molecular formula is C18H22F5NO3. The topological polar surface area (TPSA) is 38.8 Å². The van der Waals surface area contributed by atoms with Crippen LogP contribution in [0.1, 0.15) is 26.3 Å². The molecule has 0 aliphatic heterocycles. The molecule has 1 aromatic carbocycles. The smallest absolute Gasteiger partial charge is 0.406 e. The minimum Gasteiger partial charge on any atom is -0.493 e. The summed E-state index contributed by atoms with van der Waals surface area (Å²) < 4.78 is 72.9. The van der Waals surface area contributed by atoms with Crippen molar-refractivity contribution in [2.75, 3.05) is 20.2 Å². The summed E-state index contributed by atoms with van der Waals surface area (Å²) in [5.74, 6) is -1.20. The first-order chi connectivity index (χ1) is 12.3. The number of halogens is 5. The summed E-state index contributed by atoms with van der Waals surface area (Å²) in [5.41, 5.74) is -0.486. The van der Waals surface area contributed by atoms with Gasteiger partial charge in [-0.15, -0.1) is 0 Å². The Hall–Kier alpha value is -2.32. The van der Waals surface area contributed by atoms with Crippen LogP contribution in [0.4, 0.5) is 22.0 Å². The molecular weight excluding hydrogens is 373 g/mol. The van der Waals surface area contributed by atoms with Crippen LogP contribution in [-0.4, -0.2) is 43.8 Å². The fourth-order valence-corrected chi connectivity index (χ4v) is 2.31. The van der Waals surface area contributed by atoms with Gasteiger partial charge < -0.3 is 14.4 Å². The molecule has 1 amide bonds. The molecule has 0 saturated heterocycles. The first kappa shape index (κ1) is 22.7. The van der Waals surface area contributed by atoms with Crippen LogP contribution < -0.4 is 9.47 Å². The Morgan fingerprint density at radius 1 is 1.19 bits per heavy atom. The molecule has 9 heteroatoms. The number of para-hydroxylation sites is 1. The predicted molar refractivity (Wildman–Crippen MR) is 90.8 cm³/mol. The number of amides is 1. The zero-order valence-electron chi connectivity index (χ0n) is 15.4. The van der Waals surface area contributed by atoms with E-state index in [1.807, 2.05) is 0 Å². The van der Waals surface area contributed by atoms with Crippen molar-refractivity contribution in [3.63, 3.8) is 0 Å². The lowest BCUT2D eigenvalue weighted by Gasteiger charge is -2.29. The number of ether oxygens (including phenoxy) is 2. The number of hydrogen-bond acceptors (Lipinski definition) is 3. The molecule has 0 heterocycles. The van der Waals surface area contributed by atoms with E-state index in [9.17, 15) is 26.7 Å². The van der Waals surface area contributed by atoms with Gasteiger partial charge in [0.05, 0.1) is 7.11 Å². The van der Waals surface area contributed by atoms with Gasteiger partial charge in [-0.25, -0.2) is 0 Å². The average Bonchev–Trinajstić information content (AvgIpc) is 2.49. The zero-order chi connectivity index (χ0) is 20.8. The van der Waals surface area contributed by atoms with Crippen molar-refractivity contribution in [1.82, 2.24) is 4.90 Å². The van der Waals surface area contributed by atoms with E-state index >= 15 is 0 Å². The minimum atomic E-state index is -4.56. The Kier molecular flexibility index (Phi) is 7.62. The predicted octanol–water partition coefficient (Wildman–Crippen LogP) is 4.75. The van der Waals surface area contributed by atoms with E-state index in [1.165, 1.54) is 25.3 Å². The van der Waals surface area contributed by atoms with Crippen molar-refractivity contribution in [3.05, 3.63) is 29.8 Å². The van der Waals surface area contributed by atoms with Crippen LogP contribution in [0.3, 0.4) is 0 Å². The molecule has 0 unspecified atom stereocenters. The largest absolute Gasteiger partial charge is 0.493 e. The van der Waals surface area contributed by atoms with Gasteiger partial charge in [-0.3, -0.25) is 4.79 Å². The summed E-state index contributed by atoms with van der Waals surface area (Å²) in [6, 6.07) is 4.23. The summed E-state index contributed by atoms with van der Waals surface area (Å²) >= 11 is 0. The first-order valence-electron chi connectivity index (χ1n) is 7.98. The van der Waals surface area contributed by atoms with Crippen LogP contribution in [0.2, 0.25) is 0 Å². The molecule has 0 fully saturated rings. The van der Waals surface area contributed by atoms with E-state index < -0.39 is 30.7 Å². The van der Waals surface area contributed by atoms with Crippen molar-refractivity contribution in [2.24, 2.45) is 5.41 Å². The molecule has 152 valence electrons. The number of carbonyl (C=O) groups is 1. The van der Waals surface area contributed by atoms with E-state index in [1.54, 1.807) is 20.8 Å². The Morgan fingerprint density at radius 2 is 1.81 bits per heavy atom. The number of alkyl halides is 5. The number of rotatable bonds is 7. The maximum Gasteiger partial charge on any atom is 0.406 e. The van der Waals surface area contributed by atoms with E-state index in [0.717, 1.165) is 12.2 Å². The normalized spacial score (nSPS) is 12.5. The molecule has 27 heavy (non-hydrogen) atoms. The molecule has 0 aliphatic carbocycles. The molecule has 0 aliphatic rings. The second-order valence-corrected chi connectivity index (χ2v) is 6.96. The number of benzene rings is 1. The number of methoxy groups -OCH3 is 1. The van der Waals surface area contributed by atoms with E-state index in [2.05, 4.69) is 4.74 Å². The lowest BCUT2D eigenvalue weighted by molar-refractivity contribution is -0.160. The van der Waals surface area contributed by atoms with Gasteiger partial charge in [0.25, 0.3) is 0 Å². The van der Waals surface area contributed by atoms with Crippen molar-refractivity contribution in [1.29, 1.82) is 0 Å². The molecule has 0 saturated carbocycles. The Morgan fingerprint density at radius 3 is 2.30 bits per heavy atom. The second-order valence-electron chi connectivity index (χ2n) is 6.96.